The van der Waals surface area contributed by atoms with Crippen LogP contribution in [0.2, 0.25) is 0 Å². The summed E-state index contributed by atoms with van der Waals surface area (Å²) in [4.78, 5) is 5.66. The molecular formula is C16H30N2S. The van der Waals surface area contributed by atoms with Crippen LogP contribution in [0, 0.1) is 5.92 Å². The van der Waals surface area contributed by atoms with Crippen molar-refractivity contribution >= 4 is 11.8 Å². The minimum absolute atomic E-state index is 0.837. The van der Waals surface area contributed by atoms with Crippen LogP contribution >= 0.6 is 11.8 Å². The van der Waals surface area contributed by atoms with Gasteiger partial charge in [0, 0.05) is 31.7 Å². The van der Waals surface area contributed by atoms with E-state index in [0.717, 1.165) is 18.0 Å². The largest absolute Gasteiger partial charge is 0.298 e. The molecule has 2 nitrogen and oxygen atoms in total. The van der Waals surface area contributed by atoms with E-state index in [1.54, 1.807) is 0 Å². The first kappa shape index (κ1) is 14.2. The van der Waals surface area contributed by atoms with E-state index < -0.39 is 0 Å². The molecule has 2 atom stereocenters. The zero-order valence-electron chi connectivity index (χ0n) is 12.5. The Labute approximate surface area is 123 Å². The average molecular weight is 282 g/mol. The first-order valence-electron chi connectivity index (χ1n) is 8.42. The van der Waals surface area contributed by atoms with Crippen LogP contribution in [0.3, 0.4) is 0 Å². The Morgan fingerprint density at radius 1 is 1.05 bits per heavy atom. The molecule has 2 unspecified atom stereocenters. The van der Waals surface area contributed by atoms with Crippen LogP contribution in [-0.2, 0) is 0 Å². The van der Waals surface area contributed by atoms with Crippen LogP contribution in [-0.4, -0.2) is 59.6 Å². The van der Waals surface area contributed by atoms with Crippen LogP contribution < -0.4 is 0 Å². The molecule has 0 spiro atoms. The number of hydrogen-bond donors (Lipinski definition) is 0. The maximum Gasteiger partial charge on any atom is 0.0223 e. The van der Waals surface area contributed by atoms with Crippen molar-refractivity contribution in [3.8, 4) is 0 Å². The van der Waals surface area contributed by atoms with E-state index in [2.05, 4.69) is 28.5 Å². The van der Waals surface area contributed by atoms with Crippen molar-refractivity contribution in [2.24, 2.45) is 5.92 Å². The number of hydrogen-bond acceptors (Lipinski definition) is 3. The Bertz CT molecular complexity index is 276. The summed E-state index contributed by atoms with van der Waals surface area (Å²) in [6.45, 7) is 7.86. The highest BCUT2D eigenvalue weighted by Crippen LogP contribution is 2.29. The Kier molecular flexibility index (Phi) is 5.10. The third kappa shape index (κ3) is 3.48. The van der Waals surface area contributed by atoms with Crippen molar-refractivity contribution in [2.75, 3.05) is 37.7 Å². The fraction of sp³-hybridized carbons (Fsp3) is 1.00. The molecular weight excluding hydrogens is 252 g/mol. The van der Waals surface area contributed by atoms with Crippen molar-refractivity contribution in [2.45, 2.75) is 57.5 Å². The van der Waals surface area contributed by atoms with Gasteiger partial charge in [-0.3, -0.25) is 9.80 Å². The van der Waals surface area contributed by atoms with E-state index in [0.29, 0.717) is 0 Å². The van der Waals surface area contributed by atoms with Gasteiger partial charge < -0.3 is 0 Å². The summed E-state index contributed by atoms with van der Waals surface area (Å²) in [5.74, 6) is 3.81. The lowest BCUT2D eigenvalue weighted by Gasteiger charge is -2.49. The van der Waals surface area contributed by atoms with Gasteiger partial charge in [0.25, 0.3) is 0 Å². The summed E-state index contributed by atoms with van der Waals surface area (Å²) < 4.78 is 0. The molecule has 19 heavy (non-hydrogen) atoms. The lowest BCUT2D eigenvalue weighted by atomic mass is 9.93. The molecule has 0 N–H and O–H groups in total. The van der Waals surface area contributed by atoms with E-state index in [9.17, 15) is 0 Å². The summed E-state index contributed by atoms with van der Waals surface area (Å²) in [5, 5.41) is 0. The molecule has 3 aliphatic rings. The van der Waals surface area contributed by atoms with E-state index in [-0.39, 0.29) is 0 Å². The second-order valence-electron chi connectivity index (χ2n) is 6.72. The first-order chi connectivity index (χ1) is 9.36. The van der Waals surface area contributed by atoms with E-state index in [1.807, 2.05) is 0 Å². The number of piperidine rings is 1. The molecule has 110 valence electrons. The topological polar surface area (TPSA) is 6.48 Å². The van der Waals surface area contributed by atoms with E-state index >= 15 is 0 Å². The van der Waals surface area contributed by atoms with Gasteiger partial charge in [0.05, 0.1) is 0 Å². The third-order valence-electron chi connectivity index (χ3n) is 5.46. The van der Waals surface area contributed by atoms with Crippen LogP contribution in [0.1, 0.15) is 45.4 Å². The zero-order valence-corrected chi connectivity index (χ0v) is 13.3. The first-order valence-corrected chi connectivity index (χ1v) is 9.58. The van der Waals surface area contributed by atoms with Crippen LogP contribution in [0.25, 0.3) is 0 Å². The molecule has 0 aromatic carbocycles. The second-order valence-corrected chi connectivity index (χ2v) is 7.94. The lowest BCUT2D eigenvalue weighted by Crippen LogP contribution is -2.60. The minimum Gasteiger partial charge on any atom is -0.298 e. The van der Waals surface area contributed by atoms with Crippen molar-refractivity contribution in [3.63, 3.8) is 0 Å². The molecule has 0 radical (unpaired) electrons. The Balaban J connectivity index is 1.58. The van der Waals surface area contributed by atoms with E-state index in [4.69, 9.17) is 0 Å². The fourth-order valence-electron chi connectivity index (χ4n) is 4.18. The van der Waals surface area contributed by atoms with Gasteiger partial charge in [-0.1, -0.05) is 13.3 Å². The molecule has 3 heterocycles. The quantitative estimate of drug-likeness (QED) is 0.785. The summed E-state index contributed by atoms with van der Waals surface area (Å²) in [7, 11) is 0. The molecule has 3 fully saturated rings. The standard InChI is InChI=1S/C16H30N2S/c1-2-15-12-17-8-4-3-5-16(17)13-18(15)11-14-6-9-19-10-7-14/h14-16H,2-13H2,1H3. The van der Waals surface area contributed by atoms with Crippen molar-refractivity contribution in [1.82, 2.24) is 9.80 Å². The maximum absolute atomic E-state index is 2.87. The van der Waals surface area contributed by atoms with Crippen molar-refractivity contribution in [1.29, 1.82) is 0 Å². The lowest BCUT2D eigenvalue weighted by molar-refractivity contribution is -0.000498. The molecule has 3 rings (SSSR count). The number of nitrogens with zero attached hydrogens (tertiary/aromatic N) is 2. The smallest absolute Gasteiger partial charge is 0.0223 e. The SMILES string of the molecule is CCC1CN2CCCCC2CN1CC1CCSCC1. The van der Waals surface area contributed by atoms with Crippen LogP contribution in [0.5, 0.6) is 0 Å². The van der Waals surface area contributed by atoms with Gasteiger partial charge in [-0.2, -0.15) is 11.8 Å². The van der Waals surface area contributed by atoms with Gasteiger partial charge in [-0.25, -0.2) is 0 Å². The maximum atomic E-state index is 2.87. The number of fused-ring (bicyclic) bond motifs is 1. The van der Waals surface area contributed by atoms with Gasteiger partial charge in [-0.15, -0.1) is 0 Å². The summed E-state index contributed by atoms with van der Waals surface area (Å²) >= 11 is 2.16. The van der Waals surface area contributed by atoms with Gasteiger partial charge in [0.2, 0.25) is 0 Å². The van der Waals surface area contributed by atoms with Gasteiger partial charge in [0.15, 0.2) is 0 Å². The molecule has 0 bridgehead atoms. The second kappa shape index (κ2) is 6.82. The Hall–Kier alpha value is 0.270. The molecule has 0 aliphatic carbocycles. The van der Waals surface area contributed by atoms with Crippen LogP contribution in [0.4, 0.5) is 0 Å². The van der Waals surface area contributed by atoms with Gasteiger partial charge in [0.1, 0.15) is 0 Å². The van der Waals surface area contributed by atoms with Gasteiger partial charge in [-0.05, 0) is 56.1 Å². The molecule has 3 saturated heterocycles. The molecule has 0 aromatic rings. The van der Waals surface area contributed by atoms with Crippen molar-refractivity contribution in [3.05, 3.63) is 0 Å². The number of thioether (sulfide) groups is 1. The summed E-state index contributed by atoms with van der Waals surface area (Å²) in [6.07, 6.45) is 8.62. The predicted molar refractivity (Wildman–Crippen MR) is 84.9 cm³/mol. The minimum atomic E-state index is 0.837. The monoisotopic (exact) mass is 282 g/mol. The van der Waals surface area contributed by atoms with E-state index in [1.165, 1.54) is 76.2 Å². The normalized spacial score (nSPS) is 35.2. The molecule has 3 aliphatic heterocycles. The fourth-order valence-corrected chi connectivity index (χ4v) is 5.39. The zero-order chi connectivity index (χ0) is 13.1. The van der Waals surface area contributed by atoms with Crippen LogP contribution in [0.15, 0.2) is 0 Å². The molecule has 3 heteroatoms. The highest BCUT2D eigenvalue weighted by molar-refractivity contribution is 7.99. The number of rotatable bonds is 3. The highest BCUT2D eigenvalue weighted by atomic mass is 32.2. The summed E-state index contributed by atoms with van der Waals surface area (Å²) in [6, 6.07) is 1.72. The van der Waals surface area contributed by atoms with Gasteiger partial charge >= 0.3 is 0 Å². The Morgan fingerprint density at radius 3 is 2.68 bits per heavy atom. The van der Waals surface area contributed by atoms with Crippen molar-refractivity contribution < 1.29 is 0 Å². The molecule has 0 amide bonds. The predicted octanol–water partition coefficient (Wildman–Crippen LogP) is 3.08. The third-order valence-corrected chi connectivity index (χ3v) is 6.51. The molecule has 0 aromatic heterocycles. The highest BCUT2D eigenvalue weighted by Gasteiger charge is 2.34. The summed E-state index contributed by atoms with van der Waals surface area (Å²) in [5.41, 5.74) is 0. The molecule has 0 saturated carbocycles. The Morgan fingerprint density at radius 2 is 1.89 bits per heavy atom. The number of piperazine rings is 1. The average Bonchev–Trinajstić information content (AvgIpc) is 2.47.